The summed E-state index contributed by atoms with van der Waals surface area (Å²) in [4.78, 5) is 23.2. The molecule has 1 aromatic rings. The lowest BCUT2D eigenvalue weighted by molar-refractivity contribution is -0.116. The zero-order chi connectivity index (χ0) is 13.7. The normalized spacial score (nSPS) is 12.0. The molecular formula is C14H18ClNO2. The lowest BCUT2D eigenvalue weighted by Gasteiger charge is -2.10. The minimum absolute atomic E-state index is 0.00890. The quantitative estimate of drug-likeness (QED) is 0.655. The Balaban J connectivity index is 2.86. The summed E-state index contributed by atoms with van der Waals surface area (Å²) in [5.74, 6) is -0.114. The number of alkyl halides is 1. The predicted molar refractivity (Wildman–Crippen MR) is 74.4 cm³/mol. The maximum atomic E-state index is 11.7. The molecule has 0 bridgehead atoms. The number of anilines is 1. The fourth-order valence-electron chi connectivity index (χ4n) is 1.63. The molecule has 3 nitrogen and oxygen atoms in total. The Labute approximate surface area is 113 Å². The van der Waals surface area contributed by atoms with Crippen molar-refractivity contribution in [3.8, 4) is 0 Å². The second kappa shape index (κ2) is 6.55. The van der Waals surface area contributed by atoms with E-state index in [1.165, 1.54) is 0 Å². The summed E-state index contributed by atoms with van der Waals surface area (Å²) in [5.41, 5.74) is 2.18. The maximum Gasteiger partial charge on any atom is 0.224 e. The summed E-state index contributed by atoms with van der Waals surface area (Å²) in [6, 6.07) is 5.19. The van der Waals surface area contributed by atoms with E-state index in [2.05, 4.69) is 5.32 Å². The topological polar surface area (TPSA) is 46.2 Å². The van der Waals surface area contributed by atoms with Crippen LogP contribution in [0, 0.1) is 6.92 Å². The van der Waals surface area contributed by atoms with E-state index in [-0.39, 0.29) is 11.7 Å². The highest BCUT2D eigenvalue weighted by atomic mass is 35.5. The third kappa shape index (κ3) is 3.84. The molecule has 0 aliphatic carbocycles. The summed E-state index contributed by atoms with van der Waals surface area (Å²) in [5, 5.41) is 2.29. The van der Waals surface area contributed by atoms with Gasteiger partial charge in [0.1, 0.15) is 0 Å². The van der Waals surface area contributed by atoms with Gasteiger partial charge < -0.3 is 5.32 Å². The number of aryl methyl sites for hydroxylation is 1. The van der Waals surface area contributed by atoms with Gasteiger partial charge in [0.05, 0.1) is 5.38 Å². The first-order valence-electron chi connectivity index (χ1n) is 6.04. The van der Waals surface area contributed by atoms with E-state index in [9.17, 15) is 9.59 Å². The Morgan fingerprint density at radius 1 is 1.39 bits per heavy atom. The molecule has 0 saturated heterocycles. The number of halogens is 1. The van der Waals surface area contributed by atoms with Gasteiger partial charge in [-0.05, 0) is 44.0 Å². The number of rotatable bonds is 5. The average Bonchev–Trinajstić information content (AvgIpc) is 2.31. The SMILES string of the molecule is CCCC(=O)Nc1ccc(C(=O)C(C)Cl)cc1C. The van der Waals surface area contributed by atoms with Crippen LogP contribution in [0.15, 0.2) is 18.2 Å². The Hall–Kier alpha value is -1.35. The number of Topliss-reactive ketones (excluding diaryl/α,β-unsaturated/α-hetero) is 1. The standard InChI is InChI=1S/C14H18ClNO2/c1-4-5-13(17)16-12-7-6-11(8-9(12)2)14(18)10(3)15/h6-8,10H,4-5H2,1-3H3,(H,16,17). The smallest absolute Gasteiger partial charge is 0.224 e. The van der Waals surface area contributed by atoms with Crippen molar-refractivity contribution < 1.29 is 9.59 Å². The zero-order valence-electron chi connectivity index (χ0n) is 10.9. The summed E-state index contributed by atoms with van der Waals surface area (Å²) in [6.45, 7) is 5.46. The van der Waals surface area contributed by atoms with Gasteiger partial charge in [-0.15, -0.1) is 11.6 Å². The van der Waals surface area contributed by atoms with Gasteiger partial charge in [0.2, 0.25) is 5.91 Å². The van der Waals surface area contributed by atoms with Crippen molar-refractivity contribution in [3.63, 3.8) is 0 Å². The van der Waals surface area contributed by atoms with Crippen molar-refractivity contribution >= 4 is 29.0 Å². The van der Waals surface area contributed by atoms with E-state index in [1.807, 2.05) is 13.8 Å². The van der Waals surface area contributed by atoms with Crippen LogP contribution in [0.4, 0.5) is 5.69 Å². The molecule has 0 spiro atoms. The van der Waals surface area contributed by atoms with Crippen LogP contribution in [0.5, 0.6) is 0 Å². The van der Waals surface area contributed by atoms with Crippen molar-refractivity contribution in [2.24, 2.45) is 0 Å². The van der Waals surface area contributed by atoms with E-state index in [0.717, 1.165) is 17.7 Å². The second-order valence-corrected chi connectivity index (χ2v) is 4.96. The second-order valence-electron chi connectivity index (χ2n) is 4.31. The van der Waals surface area contributed by atoms with Crippen LogP contribution in [0.25, 0.3) is 0 Å². The van der Waals surface area contributed by atoms with Gasteiger partial charge in [-0.3, -0.25) is 9.59 Å². The minimum atomic E-state index is -0.537. The first-order valence-corrected chi connectivity index (χ1v) is 6.48. The Bertz CT molecular complexity index is 455. The summed E-state index contributed by atoms with van der Waals surface area (Å²) in [7, 11) is 0. The van der Waals surface area contributed by atoms with Crippen LogP contribution in [0.3, 0.4) is 0 Å². The van der Waals surface area contributed by atoms with Crippen LogP contribution < -0.4 is 5.32 Å². The van der Waals surface area contributed by atoms with Crippen molar-refractivity contribution in [1.29, 1.82) is 0 Å². The molecule has 1 N–H and O–H groups in total. The van der Waals surface area contributed by atoms with Crippen molar-refractivity contribution in [1.82, 2.24) is 0 Å². The van der Waals surface area contributed by atoms with Crippen molar-refractivity contribution in [2.45, 2.75) is 39.0 Å². The number of nitrogens with one attached hydrogen (secondary N) is 1. The molecule has 0 radical (unpaired) electrons. The molecule has 0 saturated carbocycles. The molecule has 1 aromatic carbocycles. The van der Waals surface area contributed by atoms with Crippen molar-refractivity contribution in [2.75, 3.05) is 5.32 Å². The lowest BCUT2D eigenvalue weighted by Crippen LogP contribution is -2.13. The van der Waals surface area contributed by atoms with E-state index in [4.69, 9.17) is 11.6 Å². The number of carbonyl (C=O) groups is 2. The van der Waals surface area contributed by atoms with E-state index in [0.29, 0.717) is 12.0 Å². The van der Waals surface area contributed by atoms with E-state index >= 15 is 0 Å². The molecule has 4 heteroatoms. The average molecular weight is 268 g/mol. The first-order chi connectivity index (χ1) is 8.45. The third-order valence-electron chi connectivity index (χ3n) is 2.62. The van der Waals surface area contributed by atoms with Crippen molar-refractivity contribution in [3.05, 3.63) is 29.3 Å². The number of ketones is 1. The van der Waals surface area contributed by atoms with Crippen LogP contribution in [-0.2, 0) is 4.79 Å². The highest BCUT2D eigenvalue weighted by molar-refractivity contribution is 6.33. The highest BCUT2D eigenvalue weighted by Gasteiger charge is 2.13. The molecule has 0 aliphatic heterocycles. The van der Waals surface area contributed by atoms with Gasteiger partial charge in [-0.1, -0.05) is 6.92 Å². The largest absolute Gasteiger partial charge is 0.326 e. The number of hydrogen-bond acceptors (Lipinski definition) is 2. The van der Waals surface area contributed by atoms with Gasteiger partial charge in [-0.25, -0.2) is 0 Å². The van der Waals surface area contributed by atoms with E-state index < -0.39 is 5.38 Å². The Morgan fingerprint density at radius 3 is 2.56 bits per heavy atom. The van der Waals surface area contributed by atoms with Crippen LogP contribution in [0.1, 0.15) is 42.6 Å². The molecule has 0 aromatic heterocycles. The van der Waals surface area contributed by atoms with Crippen LogP contribution in [0.2, 0.25) is 0 Å². The number of amides is 1. The number of carbonyl (C=O) groups excluding carboxylic acids is 2. The molecule has 98 valence electrons. The van der Waals surface area contributed by atoms with Gasteiger partial charge in [-0.2, -0.15) is 0 Å². The van der Waals surface area contributed by atoms with Gasteiger partial charge in [0.25, 0.3) is 0 Å². The molecule has 1 amide bonds. The van der Waals surface area contributed by atoms with Gasteiger partial charge in [0.15, 0.2) is 5.78 Å². The molecule has 1 atom stereocenters. The van der Waals surface area contributed by atoms with Crippen LogP contribution >= 0.6 is 11.6 Å². The summed E-state index contributed by atoms with van der Waals surface area (Å²) >= 11 is 5.76. The predicted octanol–water partition coefficient (Wildman–Crippen LogP) is 3.54. The molecule has 0 fully saturated rings. The highest BCUT2D eigenvalue weighted by Crippen LogP contribution is 2.19. The lowest BCUT2D eigenvalue weighted by atomic mass is 10.0. The monoisotopic (exact) mass is 267 g/mol. The van der Waals surface area contributed by atoms with Gasteiger partial charge >= 0.3 is 0 Å². The summed E-state index contributed by atoms with van der Waals surface area (Å²) in [6.07, 6.45) is 1.31. The molecule has 1 rings (SSSR count). The molecule has 18 heavy (non-hydrogen) atoms. The zero-order valence-corrected chi connectivity index (χ0v) is 11.7. The fourth-order valence-corrected chi connectivity index (χ4v) is 1.75. The summed E-state index contributed by atoms with van der Waals surface area (Å²) < 4.78 is 0. The van der Waals surface area contributed by atoms with E-state index in [1.54, 1.807) is 25.1 Å². The molecule has 1 unspecified atom stereocenters. The first kappa shape index (κ1) is 14.7. The van der Waals surface area contributed by atoms with Gasteiger partial charge in [0, 0.05) is 17.7 Å². The number of hydrogen-bond donors (Lipinski definition) is 1. The number of benzene rings is 1. The Kier molecular flexibility index (Phi) is 5.35. The molecule has 0 heterocycles. The van der Waals surface area contributed by atoms with Crippen LogP contribution in [-0.4, -0.2) is 17.1 Å². The fraction of sp³-hybridized carbons (Fsp3) is 0.429. The Morgan fingerprint density at radius 2 is 2.06 bits per heavy atom. The molecule has 0 aliphatic rings. The minimum Gasteiger partial charge on any atom is -0.326 e. The molecular weight excluding hydrogens is 250 g/mol. The maximum absolute atomic E-state index is 11.7. The third-order valence-corrected chi connectivity index (χ3v) is 2.82.